The summed E-state index contributed by atoms with van der Waals surface area (Å²) in [7, 11) is 0. The molecule has 1 aromatic rings. The number of carbonyl (C=O) groups is 2. The molecule has 0 saturated carbocycles. The highest BCUT2D eigenvalue weighted by Crippen LogP contribution is 2.18. The molecule has 13 heavy (non-hydrogen) atoms. The summed E-state index contributed by atoms with van der Waals surface area (Å²) in [5, 5.41) is 0.392. The maximum atomic E-state index is 10.6. The van der Waals surface area contributed by atoms with Crippen LogP contribution < -0.4 is 0 Å². The van der Waals surface area contributed by atoms with Crippen molar-refractivity contribution in [3.63, 3.8) is 0 Å². The first-order chi connectivity index (χ1) is 6.29. The molecule has 66 valence electrons. The van der Waals surface area contributed by atoms with Gasteiger partial charge in [0.25, 0.3) is 0 Å². The minimum atomic E-state index is 0.392. The van der Waals surface area contributed by atoms with Gasteiger partial charge in [0.1, 0.15) is 6.29 Å². The molecule has 0 atom stereocenters. The maximum Gasteiger partial charge on any atom is 0.152 e. The van der Waals surface area contributed by atoms with E-state index in [9.17, 15) is 9.59 Å². The molecule has 1 aromatic carbocycles. The Hall–Kier alpha value is -1.41. The van der Waals surface area contributed by atoms with Gasteiger partial charge in [0.05, 0.1) is 5.02 Å². The van der Waals surface area contributed by atoms with E-state index in [-0.39, 0.29) is 0 Å². The van der Waals surface area contributed by atoms with Gasteiger partial charge in [-0.25, -0.2) is 0 Å². The van der Waals surface area contributed by atoms with Crippen molar-refractivity contribution >= 4 is 30.2 Å². The van der Waals surface area contributed by atoms with Gasteiger partial charge in [0.2, 0.25) is 0 Å². The lowest BCUT2D eigenvalue weighted by molar-refractivity contribution is -0.104. The second-order valence-electron chi connectivity index (χ2n) is 2.36. The number of allylic oxidation sites excluding steroid dienone is 1. The van der Waals surface area contributed by atoms with Gasteiger partial charge in [-0.1, -0.05) is 29.8 Å². The summed E-state index contributed by atoms with van der Waals surface area (Å²) in [5.74, 6) is 0. The van der Waals surface area contributed by atoms with Crippen molar-refractivity contribution in [1.29, 1.82) is 0 Å². The third kappa shape index (κ3) is 2.26. The summed E-state index contributed by atoms with van der Waals surface area (Å²) in [6, 6.07) is 5.07. The lowest BCUT2D eigenvalue weighted by atomic mass is 10.1. The van der Waals surface area contributed by atoms with Crippen molar-refractivity contribution < 1.29 is 9.59 Å². The molecule has 0 aromatic heterocycles. The number of rotatable bonds is 3. The van der Waals surface area contributed by atoms with E-state index in [0.717, 1.165) is 0 Å². The fraction of sp³-hybridized carbons (Fsp3) is 0. The summed E-state index contributed by atoms with van der Waals surface area (Å²) in [4.78, 5) is 20.7. The van der Waals surface area contributed by atoms with Crippen molar-refractivity contribution in [2.75, 3.05) is 0 Å². The fourth-order valence-electron chi connectivity index (χ4n) is 0.966. The van der Waals surface area contributed by atoms with E-state index in [0.29, 0.717) is 28.7 Å². The second-order valence-corrected chi connectivity index (χ2v) is 2.76. The first-order valence-electron chi connectivity index (χ1n) is 3.65. The van der Waals surface area contributed by atoms with Crippen molar-refractivity contribution in [3.05, 3.63) is 40.4 Å². The van der Waals surface area contributed by atoms with E-state index < -0.39 is 0 Å². The normalized spacial score (nSPS) is 10.2. The highest BCUT2D eigenvalue weighted by molar-refractivity contribution is 6.33. The molecular weight excluding hydrogens is 188 g/mol. The van der Waals surface area contributed by atoms with Crippen LogP contribution in [0.25, 0.3) is 6.08 Å². The molecule has 0 aliphatic carbocycles. The predicted octanol–water partition coefficient (Wildman–Crippen LogP) is 2.36. The highest BCUT2D eigenvalue weighted by Gasteiger charge is 2.01. The van der Waals surface area contributed by atoms with Crippen LogP contribution in [0.1, 0.15) is 15.9 Å². The lowest BCUT2D eigenvalue weighted by Gasteiger charge is -1.99. The summed E-state index contributed by atoms with van der Waals surface area (Å²) >= 11 is 5.75. The Kier molecular flexibility index (Phi) is 3.41. The molecule has 0 bridgehead atoms. The monoisotopic (exact) mass is 194 g/mol. The van der Waals surface area contributed by atoms with E-state index in [2.05, 4.69) is 0 Å². The van der Waals surface area contributed by atoms with Crippen LogP contribution >= 0.6 is 11.6 Å². The van der Waals surface area contributed by atoms with Gasteiger partial charge >= 0.3 is 0 Å². The summed E-state index contributed by atoms with van der Waals surface area (Å²) < 4.78 is 0. The summed E-state index contributed by atoms with van der Waals surface area (Å²) in [5.41, 5.74) is 1.05. The van der Waals surface area contributed by atoms with E-state index >= 15 is 0 Å². The van der Waals surface area contributed by atoms with Crippen LogP contribution in [0.3, 0.4) is 0 Å². The topological polar surface area (TPSA) is 34.1 Å². The fourth-order valence-corrected chi connectivity index (χ4v) is 1.19. The predicted molar refractivity (Wildman–Crippen MR) is 51.9 cm³/mol. The Bertz CT molecular complexity index is 356. The number of aldehydes is 2. The van der Waals surface area contributed by atoms with Crippen LogP contribution in [0.4, 0.5) is 0 Å². The van der Waals surface area contributed by atoms with Gasteiger partial charge in [-0.2, -0.15) is 0 Å². The Balaban J connectivity index is 3.19. The van der Waals surface area contributed by atoms with E-state index in [1.165, 1.54) is 6.08 Å². The number of halogens is 1. The molecule has 0 unspecified atom stereocenters. The lowest BCUT2D eigenvalue weighted by Crippen LogP contribution is -1.86. The molecule has 0 saturated heterocycles. The summed E-state index contributed by atoms with van der Waals surface area (Å²) in [6.07, 6.45) is 4.18. The molecule has 0 amide bonds. The van der Waals surface area contributed by atoms with Crippen molar-refractivity contribution in [2.45, 2.75) is 0 Å². The molecular formula is C10H7ClO2. The van der Waals surface area contributed by atoms with Gasteiger partial charge in [-0.05, 0) is 17.7 Å². The van der Waals surface area contributed by atoms with Crippen LogP contribution in [0.15, 0.2) is 24.3 Å². The smallest absolute Gasteiger partial charge is 0.152 e. The zero-order chi connectivity index (χ0) is 9.68. The molecule has 0 heterocycles. The van der Waals surface area contributed by atoms with E-state index in [1.807, 2.05) is 0 Å². The molecule has 0 N–H and O–H groups in total. The van der Waals surface area contributed by atoms with Crippen LogP contribution in [0.5, 0.6) is 0 Å². The minimum absolute atomic E-state index is 0.392. The average Bonchev–Trinajstić information content (AvgIpc) is 2.15. The zero-order valence-corrected chi connectivity index (χ0v) is 7.49. The van der Waals surface area contributed by atoms with Crippen LogP contribution in [-0.4, -0.2) is 12.6 Å². The highest BCUT2D eigenvalue weighted by atomic mass is 35.5. The number of hydrogen-bond acceptors (Lipinski definition) is 2. The summed E-state index contributed by atoms with van der Waals surface area (Å²) in [6.45, 7) is 0. The third-order valence-electron chi connectivity index (χ3n) is 1.56. The molecule has 0 fully saturated rings. The van der Waals surface area contributed by atoms with Gasteiger partial charge < -0.3 is 0 Å². The van der Waals surface area contributed by atoms with Gasteiger partial charge in [0, 0.05) is 5.56 Å². The zero-order valence-electron chi connectivity index (χ0n) is 6.74. The SMILES string of the molecule is O=CC=Cc1cccc(Cl)c1C=O. The maximum absolute atomic E-state index is 10.6. The van der Waals surface area contributed by atoms with Gasteiger partial charge in [-0.3, -0.25) is 9.59 Å². The Morgan fingerprint density at radius 3 is 2.62 bits per heavy atom. The van der Waals surface area contributed by atoms with E-state index in [4.69, 9.17) is 11.6 Å². The van der Waals surface area contributed by atoms with Crippen LogP contribution in [-0.2, 0) is 4.79 Å². The molecule has 1 rings (SSSR count). The molecule has 0 radical (unpaired) electrons. The van der Waals surface area contributed by atoms with Crippen LogP contribution in [0.2, 0.25) is 5.02 Å². The Morgan fingerprint density at radius 2 is 2.00 bits per heavy atom. The van der Waals surface area contributed by atoms with Crippen molar-refractivity contribution in [3.8, 4) is 0 Å². The minimum Gasteiger partial charge on any atom is -0.299 e. The number of benzene rings is 1. The molecule has 2 nitrogen and oxygen atoms in total. The molecule has 0 aliphatic rings. The largest absolute Gasteiger partial charge is 0.299 e. The standard InChI is InChI=1S/C10H7ClO2/c11-10-5-1-3-8(4-2-6-12)9(10)7-13/h1-7H. The van der Waals surface area contributed by atoms with Crippen molar-refractivity contribution in [2.24, 2.45) is 0 Å². The average molecular weight is 195 g/mol. The van der Waals surface area contributed by atoms with Crippen molar-refractivity contribution in [1.82, 2.24) is 0 Å². The van der Waals surface area contributed by atoms with E-state index in [1.54, 1.807) is 24.3 Å². The number of carbonyl (C=O) groups excluding carboxylic acids is 2. The Labute approximate surface area is 80.8 Å². The molecule has 3 heteroatoms. The first kappa shape index (κ1) is 9.68. The number of hydrogen-bond donors (Lipinski definition) is 0. The van der Waals surface area contributed by atoms with Gasteiger partial charge in [-0.15, -0.1) is 0 Å². The first-order valence-corrected chi connectivity index (χ1v) is 4.03. The Morgan fingerprint density at radius 1 is 1.23 bits per heavy atom. The third-order valence-corrected chi connectivity index (χ3v) is 1.89. The quantitative estimate of drug-likeness (QED) is 0.547. The van der Waals surface area contributed by atoms with Crippen LogP contribution in [0, 0.1) is 0 Å². The molecule has 0 spiro atoms. The molecule has 0 aliphatic heterocycles. The van der Waals surface area contributed by atoms with Gasteiger partial charge in [0.15, 0.2) is 6.29 Å². The second kappa shape index (κ2) is 4.58.